The van der Waals surface area contributed by atoms with Crippen LogP contribution in [-0.4, -0.2) is 65.0 Å². The van der Waals surface area contributed by atoms with Crippen LogP contribution in [0.4, 0.5) is 0 Å². The number of esters is 1. The van der Waals surface area contributed by atoms with Crippen molar-refractivity contribution in [3.63, 3.8) is 0 Å². The Kier molecular flexibility index (Phi) is 6.86. The first-order valence-electron chi connectivity index (χ1n) is 10.9. The fourth-order valence-corrected chi connectivity index (χ4v) is 6.51. The lowest BCUT2D eigenvalue weighted by Crippen LogP contribution is -2.69. The molecule has 3 atom stereocenters. The summed E-state index contributed by atoms with van der Waals surface area (Å²) in [7, 11) is 0. The highest BCUT2D eigenvalue weighted by molar-refractivity contribution is 8.01. The van der Waals surface area contributed by atoms with Crippen molar-refractivity contribution in [3.8, 4) is 0 Å². The molecule has 12 heteroatoms. The van der Waals surface area contributed by atoms with Crippen LogP contribution >= 0.6 is 23.5 Å². The largest absolute Gasteiger partial charge is 0.448 e. The number of H-pyrrole nitrogens is 1. The van der Waals surface area contributed by atoms with Gasteiger partial charge in [-0.3, -0.25) is 9.69 Å². The third-order valence-electron chi connectivity index (χ3n) is 5.86. The van der Waals surface area contributed by atoms with Gasteiger partial charge in [0.05, 0.1) is 0 Å². The normalized spacial score (nSPS) is 20.4. The molecule has 0 bridgehead atoms. The molecule has 0 saturated carbocycles. The second kappa shape index (κ2) is 10.2. The van der Waals surface area contributed by atoms with Crippen molar-refractivity contribution in [2.24, 2.45) is 0 Å². The van der Waals surface area contributed by atoms with Crippen LogP contribution in [0.5, 0.6) is 0 Å². The molecule has 0 radical (unpaired) electrons. The number of carbonyl (C=O) groups excluding carboxylic acids is 2. The maximum Gasteiger partial charge on any atom is 0.356 e. The highest BCUT2D eigenvalue weighted by Crippen LogP contribution is 2.44. The number of hydrogen-bond donors (Lipinski definition) is 3. The van der Waals surface area contributed by atoms with E-state index in [1.54, 1.807) is 0 Å². The van der Waals surface area contributed by atoms with Crippen molar-refractivity contribution in [3.05, 3.63) is 83.1 Å². The summed E-state index contributed by atoms with van der Waals surface area (Å²) in [5.74, 6) is -0.514. The molecule has 1 amide bonds. The molecule has 3 heterocycles. The van der Waals surface area contributed by atoms with Crippen LogP contribution < -0.4 is 5.48 Å². The monoisotopic (exact) mass is 510 g/mol. The maximum absolute atomic E-state index is 13.8. The highest BCUT2D eigenvalue weighted by Gasteiger charge is 2.54. The Morgan fingerprint density at radius 2 is 1.86 bits per heavy atom. The fourth-order valence-electron chi connectivity index (χ4n) is 4.11. The number of benzene rings is 2. The summed E-state index contributed by atoms with van der Waals surface area (Å²) >= 11 is 2.80. The Morgan fingerprint density at radius 1 is 1.20 bits per heavy atom. The summed E-state index contributed by atoms with van der Waals surface area (Å²) in [6.07, 6.45) is -0.657. The number of amides is 1. The molecule has 10 nitrogen and oxygen atoms in total. The van der Waals surface area contributed by atoms with Crippen molar-refractivity contribution < 1.29 is 19.5 Å². The minimum atomic E-state index is -0.774. The molecular weight excluding hydrogens is 488 g/mol. The van der Waals surface area contributed by atoms with Crippen LogP contribution in [0.3, 0.4) is 0 Å². The molecule has 2 aromatic carbocycles. The topological polar surface area (TPSA) is 133 Å². The maximum atomic E-state index is 13.8. The Labute approximate surface area is 209 Å². The zero-order valence-corrected chi connectivity index (χ0v) is 20.2. The molecule has 3 aromatic rings. The molecule has 5 rings (SSSR count). The molecule has 2 aliphatic heterocycles. The summed E-state index contributed by atoms with van der Waals surface area (Å²) in [6, 6.07) is 18.2. The number of fused-ring (bicyclic) bond motifs is 1. The highest BCUT2D eigenvalue weighted by atomic mass is 32.2. The minimum absolute atomic E-state index is 0.200. The van der Waals surface area contributed by atoms with Crippen LogP contribution in [-0.2, 0) is 14.3 Å². The quantitative estimate of drug-likeness (QED) is 0.180. The number of hydroxylamine groups is 1. The van der Waals surface area contributed by atoms with Gasteiger partial charge in [0.15, 0.2) is 6.10 Å². The van der Waals surface area contributed by atoms with E-state index in [1.165, 1.54) is 28.4 Å². The average molecular weight is 511 g/mol. The van der Waals surface area contributed by atoms with E-state index < -0.39 is 23.5 Å². The number of ether oxygens (including phenoxy) is 1. The van der Waals surface area contributed by atoms with Crippen molar-refractivity contribution in [2.45, 2.75) is 34.8 Å². The zero-order valence-electron chi connectivity index (χ0n) is 18.6. The number of aromatic amines is 1. The minimum Gasteiger partial charge on any atom is -0.448 e. The third kappa shape index (κ3) is 4.57. The molecule has 1 aromatic heterocycles. The number of carbonyl (C=O) groups is 2. The predicted octanol–water partition coefficient (Wildman–Crippen LogP) is 2.53. The SMILES string of the molecule is CC(Sc1nn[nH]n1)C1=C(C(=O)OC(c2ccccc2)c2ccccc2)N2C(=O)[C@@H](NO)[C@H]2SC1. The van der Waals surface area contributed by atoms with E-state index in [-0.39, 0.29) is 16.9 Å². The molecule has 1 unspecified atom stereocenters. The van der Waals surface area contributed by atoms with Gasteiger partial charge in [-0.15, -0.1) is 22.0 Å². The predicted molar refractivity (Wildman–Crippen MR) is 129 cm³/mol. The van der Waals surface area contributed by atoms with Crippen molar-refractivity contribution in [1.82, 2.24) is 31.0 Å². The lowest BCUT2D eigenvalue weighted by atomic mass is 10.0. The summed E-state index contributed by atoms with van der Waals surface area (Å²) in [5, 5.41) is 23.2. The zero-order chi connectivity index (χ0) is 24.4. The number of tetrazole rings is 1. The standard InChI is InChI=1S/C23H22N6O4S2/c1-13(35-23-24-27-28-25-23)16-12-34-21-17(26-32)20(30)29(21)18(16)22(31)33-19(14-8-4-2-5-9-14)15-10-6-3-7-11-15/h2-11,13,17,19,21,26,32H,12H2,1H3,(H,24,25,27,28)/t13?,17-,21-/m1/s1. The number of aromatic nitrogens is 4. The number of thioether (sulfide) groups is 2. The number of nitrogens with one attached hydrogen (secondary N) is 2. The fraction of sp³-hybridized carbons (Fsp3) is 0.261. The average Bonchev–Trinajstić information content (AvgIpc) is 3.40. The van der Waals surface area contributed by atoms with Crippen molar-refractivity contribution in [2.75, 3.05) is 5.75 Å². The van der Waals surface area contributed by atoms with E-state index >= 15 is 0 Å². The van der Waals surface area contributed by atoms with Crippen LogP contribution in [0.15, 0.2) is 77.1 Å². The van der Waals surface area contributed by atoms with Crippen LogP contribution in [0.2, 0.25) is 0 Å². The molecule has 35 heavy (non-hydrogen) atoms. The lowest BCUT2D eigenvalue weighted by molar-refractivity contribution is -0.156. The Balaban J connectivity index is 1.51. The number of hydrogen-bond acceptors (Lipinski definition) is 10. The Hall–Kier alpha value is -3.19. The molecule has 3 N–H and O–H groups in total. The third-order valence-corrected chi connectivity index (χ3v) is 8.18. The van der Waals surface area contributed by atoms with E-state index in [4.69, 9.17) is 4.74 Å². The second-order valence-electron chi connectivity index (χ2n) is 7.95. The summed E-state index contributed by atoms with van der Waals surface area (Å²) < 4.78 is 6.11. The van der Waals surface area contributed by atoms with Gasteiger partial charge in [0.25, 0.3) is 5.91 Å². The van der Waals surface area contributed by atoms with Gasteiger partial charge in [-0.2, -0.15) is 10.7 Å². The molecule has 1 saturated heterocycles. The number of rotatable bonds is 8. The van der Waals surface area contributed by atoms with Gasteiger partial charge in [-0.05, 0) is 28.8 Å². The molecule has 2 aliphatic rings. The first-order chi connectivity index (χ1) is 17.1. The van der Waals surface area contributed by atoms with E-state index in [0.29, 0.717) is 10.9 Å². The van der Waals surface area contributed by atoms with E-state index in [0.717, 1.165) is 16.7 Å². The number of nitrogens with zero attached hydrogens (tertiary/aromatic N) is 4. The van der Waals surface area contributed by atoms with Gasteiger partial charge < -0.3 is 9.94 Å². The van der Waals surface area contributed by atoms with Crippen LogP contribution in [0.25, 0.3) is 0 Å². The molecule has 0 spiro atoms. The first-order valence-corrected chi connectivity index (χ1v) is 12.8. The summed E-state index contributed by atoms with van der Waals surface area (Å²) in [4.78, 5) is 28.0. The van der Waals surface area contributed by atoms with E-state index in [9.17, 15) is 14.8 Å². The van der Waals surface area contributed by atoms with Gasteiger partial charge in [-0.25, -0.2) is 4.79 Å². The lowest BCUT2D eigenvalue weighted by Gasteiger charge is -2.49. The van der Waals surface area contributed by atoms with Crippen molar-refractivity contribution in [1.29, 1.82) is 0 Å². The Bertz CT molecular complexity index is 1190. The van der Waals surface area contributed by atoms with Gasteiger partial charge in [0.2, 0.25) is 5.16 Å². The van der Waals surface area contributed by atoms with Crippen LogP contribution in [0, 0.1) is 0 Å². The molecule has 0 aliphatic carbocycles. The molecule has 180 valence electrons. The molecular formula is C23H22N6O4S2. The van der Waals surface area contributed by atoms with Crippen molar-refractivity contribution >= 4 is 35.4 Å². The second-order valence-corrected chi connectivity index (χ2v) is 10.4. The van der Waals surface area contributed by atoms with Gasteiger partial charge in [0.1, 0.15) is 17.1 Å². The van der Waals surface area contributed by atoms with Crippen LogP contribution in [0.1, 0.15) is 24.2 Å². The smallest absolute Gasteiger partial charge is 0.356 e. The van der Waals surface area contributed by atoms with E-state index in [1.807, 2.05) is 67.6 Å². The van der Waals surface area contributed by atoms with Gasteiger partial charge in [-0.1, -0.05) is 72.4 Å². The van der Waals surface area contributed by atoms with Gasteiger partial charge in [0, 0.05) is 11.0 Å². The Morgan fingerprint density at radius 3 is 2.43 bits per heavy atom. The summed E-state index contributed by atoms with van der Waals surface area (Å²) in [5.41, 5.74) is 4.62. The van der Waals surface area contributed by atoms with E-state index in [2.05, 4.69) is 26.1 Å². The number of β-lactam (4-membered cyclic amide) rings is 1. The van der Waals surface area contributed by atoms with Gasteiger partial charge >= 0.3 is 5.97 Å². The summed E-state index contributed by atoms with van der Waals surface area (Å²) in [6.45, 7) is 1.92. The molecule has 1 fully saturated rings. The first kappa shape index (κ1) is 23.5.